The van der Waals surface area contributed by atoms with Crippen molar-refractivity contribution in [3.05, 3.63) is 52.9 Å². The lowest BCUT2D eigenvalue weighted by atomic mass is 10.2. The van der Waals surface area contributed by atoms with Crippen LogP contribution in [0.4, 0.5) is 11.6 Å². The molecule has 1 atom stereocenters. The van der Waals surface area contributed by atoms with Crippen LogP contribution in [-0.4, -0.2) is 53.3 Å². The fourth-order valence-corrected chi connectivity index (χ4v) is 3.73. The van der Waals surface area contributed by atoms with Crippen molar-refractivity contribution in [3.8, 4) is 0 Å². The van der Waals surface area contributed by atoms with Crippen molar-refractivity contribution in [1.82, 2.24) is 15.0 Å². The van der Waals surface area contributed by atoms with Gasteiger partial charge in [0.25, 0.3) is 0 Å². The number of aliphatic hydroxyl groups is 1. The van der Waals surface area contributed by atoms with Gasteiger partial charge in [0.2, 0.25) is 0 Å². The van der Waals surface area contributed by atoms with E-state index in [4.69, 9.17) is 26.6 Å². The quantitative estimate of drug-likeness (QED) is 0.713. The Balaban J connectivity index is 1.55. The Hall–Kier alpha value is -2.44. The molecular weight excluding hydrogens is 374 g/mol. The molecule has 3 heterocycles. The molecule has 0 aliphatic carbocycles. The molecule has 6 nitrogen and oxygen atoms in total. The van der Waals surface area contributed by atoms with E-state index < -0.39 is 0 Å². The monoisotopic (exact) mass is 397 g/mol. The van der Waals surface area contributed by atoms with Gasteiger partial charge in [0.15, 0.2) is 0 Å². The topological polar surface area (TPSA) is 65.4 Å². The molecule has 0 bridgehead atoms. The zero-order chi connectivity index (χ0) is 19.7. The number of aromatic nitrogens is 3. The molecule has 1 aliphatic rings. The fourth-order valence-electron chi connectivity index (χ4n) is 3.56. The zero-order valence-electron chi connectivity index (χ0n) is 16.1. The van der Waals surface area contributed by atoms with Crippen molar-refractivity contribution in [2.75, 3.05) is 37.0 Å². The van der Waals surface area contributed by atoms with Crippen LogP contribution in [0.1, 0.15) is 17.9 Å². The number of hydrogen-bond donors (Lipinski definition) is 1. The average molecular weight is 398 g/mol. The number of anilines is 2. The second kappa shape index (κ2) is 7.89. The molecule has 0 amide bonds. The summed E-state index contributed by atoms with van der Waals surface area (Å²) in [7, 11) is 3.95. The van der Waals surface area contributed by atoms with Crippen LogP contribution in [0.3, 0.4) is 0 Å². The third-order valence-corrected chi connectivity index (χ3v) is 5.23. The summed E-state index contributed by atoms with van der Waals surface area (Å²) in [6.07, 6.45) is 2.01. The summed E-state index contributed by atoms with van der Waals surface area (Å²) >= 11 is 6.15. The lowest BCUT2D eigenvalue weighted by molar-refractivity contribution is 0.198. The first-order valence-corrected chi connectivity index (χ1v) is 9.90. The van der Waals surface area contributed by atoms with Gasteiger partial charge in [-0.1, -0.05) is 17.7 Å². The first-order chi connectivity index (χ1) is 13.5. The van der Waals surface area contributed by atoms with E-state index >= 15 is 0 Å². The van der Waals surface area contributed by atoms with Crippen LogP contribution in [0.2, 0.25) is 5.02 Å². The van der Waals surface area contributed by atoms with Gasteiger partial charge in [0, 0.05) is 49.7 Å². The van der Waals surface area contributed by atoms with E-state index in [1.54, 1.807) is 0 Å². The van der Waals surface area contributed by atoms with Gasteiger partial charge < -0.3 is 14.9 Å². The van der Waals surface area contributed by atoms with Crippen molar-refractivity contribution in [2.45, 2.75) is 25.4 Å². The summed E-state index contributed by atoms with van der Waals surface area (Å²) < 4.78 is 0. The molecule has 3 aromatic rings. The van der Waals surface area contributed by atoms with Crippen LogP contribution >= 0.6 is 11.6 Å². The van der Waals surface area contributed by atoms with E-state index in [0.29, 0.717) is 18.0 Å². The van der Waals surface area contributed by atoms with Crippen LogP contribution in [0, 0.1) is 0 Å². The molecule has 0 radical (unpaired) electrons. The van der Waals surface area contributed by atoms with Gasteiger partial charge in [-0.2, -0.15) is 0 Å². The van der Waals surface area contributed by atoms with Gasteiger partial charge >= 0.3 is 0 Å². The van der Waals surface area contributed by atoms with E-state index in [0.717, 1.165) is 53.4 Å². The Bertz CT molecular complexity index is 994. The van der Waals surface area contributed by atoms with Crippen molar-refractivity contribution in [3.63, 3.8) is 0 Å². The molecule has 0 spiro atoms. The van der Waals surface area contributed by atoms with Crippen LogP contribution < -0.4 is 9.80 Å². The highest BCUT2D eigenvalue weighted by molar-refractivity contribution is 6.31. The Labute approximate surface area is 169 Å². The Morgan fingerprint density at radius 2 is 2.00 bits per heavy atom. The van der Waals surface area contributed by atoms with E-state index in [-0.39, 0.29) is 6.10 Å². The van der Waals surface area contributed by atoms with E-state index in [1.807, 2.05) is 55.4 Å². The highest BCUT2D eigenvalue weighted by Gasteiger charge is 2.21. The number of benzene rings is 1. The predicted octanol–water partition coefficient (Wildman–Crippen LogP) is 3.10. The summed E-state index contributed by atoms with van der Waals surface area (Å²) in [6.45, 7) is 1.50. The van der Waals surface area contributed by atoms with E-state index in [1.165, 1.54) is 0 Å². The number of pyridine rings is 1. The average Bonchev–Trinajstić information content (AvgIpc) is 3.12. The predicted molar refractivity (Wildman–Crippen MR) is 113 cm³/mol. The fraction of sp³-hybridized carbons (Fsp3) is 0.381. The summed E-state index contributed by atoms with van der Waals surface area (Å²) in [5, 5.41) is 11.4. The standard InChI is InChI=1S/C21H24ClN5O/c1-26(2)21-17-12-14(22)6-8-18(17)24-19(25-21)9-7-15-4-3-5-20(23-15)27-11-10-16(28)13-27/h3-6,8,12,16,28H,7,9-11,13H2,1-2H3. The highest BCUT2D eigenvalue weighted by Crippen LogP contribution is 2.26. The number of rotatable bonds is 5. The highest BCUT2D eigenvalue weighted by atomic mass is 35.5. The van der Waals surface area contributed by atoms with Gasteiger partial charge in [-0.25, -0.2) is 15.0 Å². The molecular formula is C21H24ClN5O. The van der Waals surface area contributed by atoms with Crippen molar-refractivity contribution in [1.29, 1.82) is 0 Å². The lowest BCUT2D eigenvalue weighted by Crippen LogP contribution is -2.22. The van der Waals surface area contributed by atoms with Gasteiger partial charge in [-0.15, -0.1) is 0 Å². The largest absolute Gasteiger partial charge is 0.391 e. The van der Waals surface area contributed by atoms with Crippen molar-refractivity contribution < 1.29 is 5.11 Å². The van der Waals surface area contributed by atoms with Crippen LogP contribution in [0.25, 0.3) is 10.9 Å². The molecule has 2 aromatic heterocycles. The molecule has 146 valence electrons. The molecule has 1 N–H and O–H groups in total. The number of aryl methyl sites for hydroxylation is 2. The number of nitrogens with zero attached hydrogens (tertiary/aromatic N) is 5. The van der Waals surface area contributed by atoms with Crippen molar-refractivity contribution in [2.24, 2.45) is 0 Å². The number of hydrogen-bond acceptors (Lipinski definition) is 6. The number of β-amino-alcohol motifs (C(OH)–C–C–N with tert-alkyl or cyclic N) is 1. The van der Waals surface area contributed by atoms with Crippen molar-refractivity contribution >= 4 is 34.1 Å². The van der Waals surface area contributed by atoms with Crippen LogP contribution in [-0.2, 0) is 12.8 Å². The molecule has 1 unspecified atom stereocenters. The summed E-state index contributed by atoms with van der Waals surface area (Å²) in [4.78, 5) is 18.4. The smallest absolute Gasteiger partial charge is 0.139 e. The third kappa shape index (κ3) is 4.03. The first-order valence-electron chi connectivity index (χ1n) is 9.52. The first kappa shape index (κ1) is 18.9. The summed E-state index contributed by atoms with van der Waals surface area (Å²) in [5.74, 6) is 2.59. The molecule has 1 saturated heterocycles. The summed E-state index contributed by atoms with van der Waals surface area (Å²) in [6, 6.07) is 11.8. The minimum absolute atomic E-state index is 0.255. The Morgan fingerprint density at radius 3 is 2.75 bits per heavy atom. The zero-order valence-corrected chi connectivity index (χ0v) is 16.9. The normalized spacial score (nSPS) is 16.7. The second-order valence-electron chi connectivity index (χ2n) is 7.39. The van der Waals surface area contributed by atoms with Gasteiger partial charge in [0.05, 0.1) is 11.6 Å². The lowest BCUT2D eigenvalue weighted by Gasteiger charge is -2.17. The summed E-state index contributed by atoms with van der Waals surface area (Å²) in [5.41, 5.74) is 1.90. The maximum atomic E-state index is 9.76. The molecule has 4 rings (SSSR count). The van der Waals surface area contributed by atoms with E-state index in [9.17, 15) is 5.11 Å². The Morgan fingerprint density at radius 1 is 1.14 bits per heavy atom. The number of aliphatic hydroxyl groups excluding tert-OH is 1. The second-order valence-corrected chi connectivity index (χ2v) is 7.83. The van der Waals surface area contributed by atoms with Gasteiger partial charge in [0.1, 0.15) is 17.5 Å². The maximum absolute atomic E-state index is 9.76. The molecule has 1 fully saturated rings. The third-order valence-electron chi connectivity index (χ3n) is 4.99. The van der Waals surface area contributed by atoms with Crippen LogP contribution in [0.5, 0.6) is 0 Å². The minimum Gasteiger partial charge on any atom is -0.391 e. The van der Waals surface area contributed by atoms with Gasteiger partial charge in [-0.05, 0) is 43.2 Å². The molecule has 1 aromatic carbocycles. The molecule has 0 saturated carbocycles. The minimum atomic E-state index is -0.255. The van der Waals surface area contributed by atoms with Gasteiger partial charge in [-0.3, -0.25) is 0 Å². The van der Waals surface area contributed by atoms with Crippen LogP contribution in [0.15, 0.2) is 36.4 Å². The molecule has 1 aliphatic heterocycles. The molecule has 28 heavy (non-hydrogen) atoms. The van der Waals surface area contributed by atoms with E-state index in [2.05, 4.69) is 4.90 Å². The SMILES string of the molecule is CN(C)c1nc(CCc2cccc(N3CCC(O)C3)n2)nc2ccc(Cl)cc12. The molecule has 7 heteroatoms. The number of halogens is 1. The maximum Gasteiger partial charge on any atom is 0.139 e. The number of fused-ring (bicyclic) bond motifs is 1. The Kier molecular flexibility index (Phi) is 5.33.